The Bertz CT molecular complexity index is 164. The van der Waals surface area contributed by atoms with Crippen molar-refractivity contribution >= 4 is 12.6 Å². The van der Waals surface area contributed by atoms with E-state index < -0.39 is 0 Å². The van der Waals surface area contributed by atoms with Crippen LogP contribution in [0.15, 0.2) is 0 Å². The molecule has 0 aliphatic carbocycles. The number of β-amino-alcohol motifs (C(OH)–C–C–N with tert-alkyl or cyclic N) is 1. The molecule has 0 aromatic heterocycles. The lowest BCUT2D eigenvalue weighted by molar-refractivity contribution is 0.150. The van der Waals surface area contributed by atoms with Crippen LogP contribution in [-0.4, -0.2) is 46.7 Å². The van der Waals surface area contributed by atoms with E-state index in [-0.39, 0.29) is 17.5 Å². The Hall–Kier alpha value is 0.230. The minimum atomic E-state index is -0.253. The Kier molecular flexibility index (Phi) is 4.04. The Labute approximate surface area is 85.9 Å². The molecule has 0 aromatic rings. The van der Waals surface area contributed by atoms with Crippen molar-refractivity contribution in [1.29, 1.82) is 0 Å². The molecule has 1 heterocycles. The molecule has 0 spiro atoms. The maximum absolute atomic E-state index is 9.72. The van der Waals surface area contributed by atoms with Crippen LogP contribution in [0.5, 0.6) is 0 Å². The van der Waals surface area contributed by atoms with Gasteiger partial charge in [0.05, 0.1) is 11.5 Å². The van der Waals surface area contributed by atoms with Crippen LogP contribution in [0.1, 0.15) is 20.8 Å². The summed E-state index contributed by atoms with van der Waals surface area (Å²) in [6.45, 7) is 7.85. The minimum absolute atomic E-state index is 0.203. The van der Waals surface area contributed by atoms with E-state index in [9.17, 15) is 5.11 Å². The standard InChI is InChI=1S/C9H20N2OS/c1-6(2)10-8-4-11(7(3)13)5-9(8)12/h6-10,12-13H,4-5H2,1-3H3/t7?,8-,9-/m1/s1. The van der Waals surface area contributed by atoms with Crippen LogP contribution in [-0.2, 0) is 0 Å². The fraction of sp³-hybridized carbons (Fsp3) is 1.00. The van der Waals surface area contributed by atoms with Gasteiger partial charge in [0.15, 0.2) is 0 Å². The molecule has 1 unspecified atom stereocenters. The van der Waals surface area contributed by atoms with Gasteiger partial charge in [-0.2, -0.15) is 12.6 Å². The zero-order valence-corrected chi connectivity index (χ0v) is 9.46. The molecule has 4 heteroatoms. The molecule has 0 amide bonds. The molecule has 0 bridgehead atoms. The van der Waals surface area contributed by atoms with Crippen LogP contribution >= 0.6 is 12.6 Å². The summed E-state index contributed by atoms with van der Waals surface area (Å²) in [7, 11) is 0. The topological polar surface area (TPSA) is 35.5 Å². The van der Waals surface area contributed by atoms with Gasteiger partial charge < -0.3 is 10.4 Å². The van der Waals surface area contributed by atoms with Gasteiger partial charge in [-0.15, -0.1) is 0 Å². The Morgan fingerprint density at radius 2 is 2.00 bits per heavy atom. The van der Waals surface area contributed by atoms with Crippen molar-refractivity contribution in [2.75, 3.05) is 13.1 Å². The van der Waals surface area contributed by atoms with E-state index in [1.807, 2.05) is 6.92 Å². The van der Waals surface area contributed by atoms with Gasteiger partial charge in [-0.05, 0) is 6.92 Å². The van der Waals surface area contributed by atoms with Gasteiger partial charge in [0, 0.05) is 25.2 Å². The predicted molar refractivity (Wildman–Crippen MR) is 58.1 cm³/mol. The molecule has 1 fully saturated rings. The largest absolute Gasteiger partial charge is 0.390 e. The highest BCUT2D eigenvalue weighted by Crippen LogP contribution is 2.15. The number of nitrogens with zero attached hydrogens (tertiary/aromatic N) is 1. The van der Waals surface area contributed by atoms with Crippen molar-refractivity contribution in [3.05, 3.63) is 0 Å². The fourth-order valence-corrected chi connectivity index (χ4v) is 1.90. The van der Waals surface area contributed by atoms with Gasteiger partial charge in [-0.1, -0.05) is 13.8 Å². The van der Waals surface area contributed by atoms with Crippen LogP contribution in [0.3, 0.4) is 0 Å². The molecule has 0 saturated carbocycles. The summed E-state index contributed by atoms with van der Waals surface area (Å²) < 4.78 is 0. The summed E-state index contributed by atoms with van der Waals surface area (Å²) in [6, 6.07) is 0.629. The molecule has 0 radical (unpaired) electrons. The summed E-state index contributed by atoms with van der Waals surface area (Å²) in [6.07, 6.45) is -0.253. The van der Waals surface area contributed by atoms with Gasteiger partial charge >= 0.3 is 0 Å². The average Bonchev–Trinajstić information content (AvgIpc) is 2.31. The van der Waals surface area contributed by atoms with Gasteiger partial charge in [0.1, 0.15) is 0 Å². The SMILES string of the molecule is CC(C)N[C@@H]1CN(C(C)S)C[C@H]1O. The van der Waals surface area contributed by atoms with Gasteiger partial charge in [-0.3, -0.25) is 4.90 Å². The predicted octanol–water partition coefficient (Wildman–Crippen LogP) is 0.305. The van der Waals surface area contributed by atoms with Crippen molar-refractivity contribution in [1.82, 2.24) is 10.2 Å². The third-order valence-electron chi connectivity index (χ3n) is 2.39. The van der Waals surface area contributed by atoms with Crippen molar-refractivity contribution in [3.8, 4) is 0 Å². The number of thiol groups is 1. The first-order chi connectivity index (χ1) is 6.00. The number of aliphatic hydroxyl groups is 1. The molecule has 3 atom stereocenters. The summed E-state index contributed by atoms with van der Waals surface area (Å²) in [5.74, 6) is 0. The number of hydrogen-bond donors (Lipinski definition) is 3. The second-order valence-electron chi connectivity index (χ2n) is 4.08. The zero-order chi connectivity index (χ0) is 10.0. The van der Waals surface area contributed by atoms with E-state index >= 15 is 0 Å². The lowest BCUT2D eigenvalue weighted by Crippen LogP contribution is -2.43. The highest BCUT2D eigenvalue weighted by molar-refractivity contribution is 7.80. The van der Waals surface area contributed by atoms with Crippen molar-refractivity contribution in [3.63, 3.8) is 0 Å². The molecular formula is C9H20N2OS. The van der Waals surface area contributed by atoms with E-state index in [1.165, 1.54) is 0 Å². The summed E-state index contributed by atoms with van der Waals surface area (Å²) in [5.41, 5.74) is 0. The maximum Gasteiger partial charge on any atom is 0.0832 e. The van der Waals surface area contributed by atoms with Crippen LogP contribution in [0, 0.1) is 0 Å². The van der Waals surface area contributed by atoms with Crippen molar-refractivity contribution in [2.24, 2.45) is 0 Å². The van der Waals surface area contributed by atoms with E-state index in [0.29, 0.717) is 6.04 Å². The molecule has 0 aromatic carbocycles. The van der Waals surface area contributed by atoms with Crippen molar-refractivity contribution < 1.29 is 5.11 Å². The highest BCUT2D eigenvalue weighted by atomic mass is 32.1. The maximum atomic E-state index is 9.72. The quantitative estimate of drug-likeness (QED) is 0.579. The first-order valence-electron chi connectivity index (χ1n) is 4.87. The number of likely N-dealkylation sites (tertiary alicyclic amines) is 1. The molecule has 1 aliphatic rings. The van der Waals surface area contributed by atoms with Gasteiger partial charge in [0.2, 0.25) is 0 Å². The first kappa shape index (κ1) is 11.3. The lowest BCUT2D eigenvalue weighted by Gasteiger charge is -2.20. The molecule has 2 N–H and O–H groups in total. The smallest absolute Gasteiger partial charge is 0.0832 e. The second-order valence-corrected chi connectivity index (χ2v) is 4.83. The molecule has 1 saturated heterocycles. The van der Waals surface area contributed by atoms with Crippen LogP contribution in [0.25, 0.3) is 0 Å². The molecule has 78 valence electrons. The normalized spacial score (nSPS) is 32.8. The molecule has 3 nitrogen and oxygen atoms in total. The molecule has 1 aliphatic heterocycles. The minimum Gasteiger partial charge on any atom is -0.390 e. The number of hydrogen-bond acceptors (Lipinski definition) is 4. The molecule has 1 rings (SSSR count). The number of aliphatic hydroxyl groups excluding tert-OH is 1. The van der Waals surface area contributed by atoms with Gasteiger partial charge in [0.25, 0.3) is 0 Å². The summed E-state index contributed by atoms with van der Waals surface area (Å²) in [4.78, 5) is 2.17. The van der Waals surface area contributed by atoms with E-state index in [1.54, 1.807) is 0 Å². The summed E-state index contributed by atoms with van der Waals surface area (Å²) in [5, 5.41) is 13.3. The van der Waals surface area contributed by atoms with Crippen LogP contribution in [0.4, 0.5) is 0 Å². The molecule has 13 heavy (non-hydrogen) atoms. The summed E-state index contributed by atoms with van der Waals surface area (Å²) >= 11 is 4.35. The molecular weight excluding hydrogens is 184 g/mol. The fourth-order valence-electron chi connectivity index (χ4n) is 1.71. The zero-order valence-electron chi connectivity index (χ0n) is 8.57. The first-order valence-corrected chi connectivity index (χ1v) is 5.38. The van der Waals surface area contributed by atoms with Crippen LogP contribution < -0.4 is 5.32 Å². The van der Waals surface area contributed by atoms with Gasteiger partial charge in [-0.25, -0.2) is 0 Å². The Morgan fingerprint density at radius 1 is 1.38 bits per heavy atom. The Balaban J connectivity index is 2.42. The lowest BCUT2D eigenvalue weighted by atomic mass is 10.2. The highest BCUT2D eigenvalue weighted by Gasteiger charge is 2.32. The number of rotatable bonds is 3. The monoisotopic (exact) mass is 204 g/mol. The van der Waals surface area contributed by atoms with Crippen LogP contribution in [0.2, 0.25) is 0 Å². The third kappa shape index (κ3) is 3.13. The second kappa shape index (κ2) is 4.64. The Morgan fingerprint density at radius 3 is 2.38 bits per heavy atom. The van der Waals surface area contributed by atoms with E-state index in [0.717, 1.165) is 13.1 Å². The average molecular weight is 204 g/mol. The van der Waals surface area contributed by atoms with E-state index in [2.05, 4.69) is 36.7 Å². The number of nitrogens with one attached hydrogen (secondary N) is 1. The van der Waals surface area contributed by atoms with Crippen molar-refractivity contribution in [2.45, 2.75) is 44.3 Å². The van der Waals surface area contributed by atoms with E-state index in [4.69, 9.17) is 0 Å². The third-order valence-corrected chi connectivity index (χ3v) is 2.72.